The zero-order valence-electron chi connectivity index (χ0n) is 17.0. The molecule has 160 valence electrons. The standard InChI is InChI=1S/C22H27N3O3S2/c1-15(12-16-6-2-3-7-16)23-14-17-8-4-5-9-19(17)25-30(27,28)18-10-11-20-21(13-18)29-22(26)24-20/h4-5,8-11,13,15-16,23,25H,2-3,6-7,12,14H2,1H3,(H,24,26)/t15-/m0/s1. The molecule has 1 aliphatic rings. The molecule has 30 heavy (non-hydrogen) atoms. The molecule has 0 amide bonds. The van der Waals surface area contributed by atoms with Crippen molar-refractivity contribution in [1.29, 1.82) is 0 Å². The number of nitrogens with one attached hydrogen (secondary N) is 2. The van der Waals surface area contributed by atoms with E-state index in [0.717, 1.165) is 29.2 Å². The first-order valence-electron chi connectivity index (χ1n) is 10.3. The highest BCUT2D eigenvalue weighted by molar-refractivity contribution is 7.92. The quantitative estimate of drug-likeness (QED) is 0.460. The molecule has 1 aliphatic carbocycles. The van der Waals surface area contributed by atoms with Crippen molar-refractivity contribution >= 4 is 37.3 Å². The summed E-state index contributed by atoms with van der Waals surface area (Å²) >= 11 is 1.06. The Bertz CT molecular complexity index is 1120. The summed E-state index contributed by atoms with van der Waals surface area (Å²) in [7, 11) is -3.76. The van der Waals surface area contributed by atoms with Gasteiger partial charge in [0.1, 0.15) is 0 Å². The molecule has 0 unspecified atom stereocenters. The molecule has 0 aliphatic heterocycles. The van der Waals surface area contributed by atoms with Gasteiger partial charge in [0.25, 0.3) is 15.2 Å². The number of fused-ring (bicyclic) bond motifs is 1. The summed E-state index contributed by atoms with van der Waals surface area (Å²) in [5, 5.41) is 13.0. The van der Waals surface area contributed by atoms with Crippen LogP contribution in [0.15, 0.2) is 47.4 Å². The fraction of sp³-hybridized carbons (Fsp3) is 0.409. The van der Waals surface area contributed by atoms with Crippen LogP contribution < -0.4 is 10.0 Å². The van der Waals surface area contributed by atoms with Crippen LogP contribution in [0.1, 0.15) is 44.6 Å². The lowest BCUT2D eigenvalue weighted by Gasteiger charge is -2.19. The number of hydrogen-bond acceptors (Lipinski definition) is 6. The second kappa shape index (κ2) is 8.91. The maximum absolute atomic E-state index is 13.0. The van der Waals surface area contributed by atoms with E-state index < -0.39 is 10.0 Å². The highest BCUT2D eigenvalue weighted by Crippen LogP contribution is 2.30. The van der Waals surface area contributed by atoms with Crippen LogP contribution >= 0.6 is 11.3 Å². The lowest BCUT2D eigenvalue weighted by Crippen LogP contribution is -2.28. The highest BCUT2D eigenvalue weighted by Gasteiger charge is 2.19. The molecule has 1 atom stereocenters. The Morgan fingerprint density at radius 1 is 1.20 bits per heavy atom. The molecule has 0 radical (unpaired) electrons. The summed E-state index contributed by atoms with van der Waals surface area (Å²) < 4.78 is 29.3. The Balaban J connectivity index is 1.46. The predicted molar refractivity (Wildman–Crippen MR) is 121 cm³/mol. The van der Waals surface area contributed by atoms with Gasteiger partial charge < -0.3 is 10.4 Å². The summed E-state index contributed by atoms with van der Waals surface area (Å²) in [5.74, 6) is 0.808. The van der Waals surface area contributed by atoms with Crippen molar-refractivity contribution in [2.75, 3.05) is 4.72 Å². The van der Waals surface area contributed by atoms with Gasteiger partial charge in [-0.2, -0.15) is 0 Å². The topological polar surface area (TPSA) is 91.3 Å². The van der Waals surface area contributed by atoms with Gasteiger partial charge in [0.05, 0.1) is 20.8 Å². The van der Waals surface area contributed by atoms with E-state index in [1.54, 1.807) is 18.2 Å². The Morgan fingerprint density at radius 3 is 2.77 bits per heavy atom. The van der Waals surface area contributed by atoms with Gasteiger partial charge in [0.15, 0.2) is 0 Å². The second-order valence-corrected chi connectivity index (χ2v) is 10.7. The number of aromatic nitrogens is 1. The van der Waals surface area contributed by atoms with E-state index in [1.807, 2.05) is 18.2 Å². The van der Waals surface area contributed by atoms with Crippen LogP contribution in [0.2, 0.25) is 0 Å². The lowest BCUT2D eigenvalue weighted by molar-refractivity contribution is 0.404. The first-order valence-corrected chi connectivity index (χ1v) is 12.6. The third-order valence-corrected chi connectivity index (χ3v) is 7.91. The Labute approximate surface area is 181 Å². The van der Waals surface area contributed by atoms with Gasteiger partial charge in [0.2, 0.25) is 0 Å². The molecule has 3 N–H and O–H groups in total. The van der Waals surface area contributed by atoms with Crippen LogP contribution in [0.3, 0.4) is 0 Å². The number of thiazole rings is 1. The van der Waals surface area contributed by atoms with Gasteiger partial charge in [-0.15, -0.1) is 0 Å². The number of nitrogens with zero attached hydrogens (tertiary/aromatic N) is 1. The maximum Gasteiger partial charge on any atom is 0.271 e. The molecule has 8 heteroatoms. The van der Waals surface area contributed by atoms with Gasteiger partial charge in [-0.25, -0.2) is 13.4 Å². The van der Waals surface area contributed by atoms with E-state index in [2.05, 4.69) is 21.9 Å². The smallest absolute Gasteiger partial charge is 0.271 e. The number of hydrogen-bond donors (Lipinski definition) is 3. The molecule has 2 aromatic carbocycles. The average Bonchev–Trinajstić information content (AvgIpc) is 3.34. The minimum atomic E-state index is -3.76. The maximum atomic E-state index is 13.0. The zero-order chi connectivity index (χ0) is 21.1. The molecule has 0 spiro atoms. The first kappa shape index (κ1) is 21.1. The van der Waals surface area contributed by atoms with Gasteiger partial charge in [-0.1, -0.05) is 55.2 Å². The van der Waals surface area contributed by atoms with Crippen molar-refractivity contribution in [2.24, 2.45) is 5.92 Å². The number of para-hydroxylation sites is 1. The van der Waals surface area contributed by atoms with Crippen molar-refractivity contribution in [3.05, 3.63) is 48.0 Å². The predicted octanol–water partition coefficient (Wildman–Crippen LogP) is 4.86. The van der Waals surface area contributed by atoms with Crippen molar-refractivity contribution < 1.29 is 13.5 Å². The number of aromatic hydroxyl groups is 1. The van der Waals surface area contributed by atoms with Crippen molar-refractivity contribution in [2.45, 2.75) is 56.5 Å². The largest absolute Gasteiger partial charge is 0.486 e. The van der Waals surface area contributed by atoms with Gasteiger partial charge in [0, 0.05) is 12.6 Å². The number of benzene rings is 2. The molecule has 1 aromatic heterocycles. The number of rotatable bonds is 8. The van der Waals surface area contributed by atoms with E-state index in [-0.39, 0.29) is 10.1 Å². The minimum absolute atomic E-state index is 0.0735. The molecule has 4 rings (SSSR count). The second-order valence-electron chi connectivity index (χ2n) is 8.06. The SMILES string of the molecule is C[C@@H](CC1CCCC1)NCc1ccccc1NS(=O)(=O)c1ccc2nc(O)sc2c1. The van der Waals surface area contributed by atoms with Crippen LogP contribution in [0.4, 0.5) is 5.69 Å². The summed E-state index contributed by atoms with van der Waals surface area (Å²) in [4.78, 5) is 4.11. The fourth-order valence-electron chi connectivity index (χ4n) is 4.15. The van der Waals surface area contributed by atoms with Crippen LogP contribution in [0.25, 0.3) is 10.2 Å². The van der Waals surface area contributed by atoms with Gasteiger partial charge in [-0.05, 0) is 49.1 Å². The van der Waals surface area contributed by atoms with Crippen LogP contribution in [0, 0.1) is 5.92 Å². The molecule has 1 saturated carbocycles. The Kier molecular flexibility index (Phi) is 6.26. The molecule has 1 fully saturated rings. The summed E-state index contributed by atoms with van der Waals surface area (Å²) in [6.45, 7) is 2.80. The summed E-state index contributed by atoms with van der Waals surface area (Å²) in [6.07, 6.45) is 6.49. The van der Waals surface area contributed by atoms with Crippen LogP contribution in [-0.2, 0) is 16.6 Å². The van der Waals surface area contributed by atoms with Crippen LogP contribution in [-0.4, -0.2) is 24.6 Å². The zero-order valence-corrected chi connectivity index (χ0v) is 18.6. The fourth-order valence-corrected chi connectivity index (χ4v) is 6.10. The van der Waals surface area contributed by atoms with Crippen molar-refractivity contribution in [3.63, 3.8) is 0 Å². The van der Waals surface area contributed by atoms with E-state index in [4.69, 9.17) is 0 Å². The van der Waals surface area contributed by atoms with E-state index in [9.17, 15) is 13.5 Å². The normalized spacial score (nSPS) is 16.2. The lowest BCUT2D eigenvalue weighted by atomic mass is 9.99. The molecule has 1 heterocycles. The third kappa shape index (κ3) is 4.94. The Morgan fingerprint density at radius 2 is 1.97 bits per heavy atom. The van der Waals surface area contributed by atoms with Crippen molar-refractivity contribution in [1.82, 2.24) is 10.3 Å². The highest BCUT2D eigenvalue weighted by atomic mass is 32.2. The summed E-state index contributed by atoms with van der Waals surface area (Å²) in [6, 6.07) is 12.5. The van der Waals surface area contributed by atoms with E-state index in [1.165, 1.54) is 31.7 Å². The average molecular weight is 446 g/mol. The van der Waals surface area contributed by atoms with Crippen LogP contribution in [0.5, 0.6) is 5.19 Å². The molecule has 3 aromatic rings. The van der Waals surface area contributed by atoms with Gasteiger partial charge in [-0.3, -0.25) is 4.72 Å². The molecular weight excluding hydrogens is 418 g/mol. The molecule has 0 saturated heterocycles. The number of sulfonamides is 1. The third-order valence-electron chi connectivity index (χ3n) is 5.72. The molecule has 0 bridgehead atoms. The van der Waals surface area contributed by atoms with E-state index >= 15 is 0 Å². The number of anilines is 1. The van der Waals surface area contributed by atoms with Gasteiger partial charge >= 0.3 is 0 Å². The van der Waals surface area contributed by atoms with E-state index in [0.29, 0.717) is 28.5 Å². The summed E-state index contributed by atoms with van der Waals surface area (Å²) in [5.41, 5.74) is 2.07. The first-order chi connectivity index (χ1) is 14.4. The minimum Gasteiger partial charge on any atom is -0.486 e. The monoisotopic (exact) mass is 445 g/mol. The molecule has 6 nitrogen and oxygen atoms in total. The Hall–Kier alpha value is -2.16. The molecular formula is C22H27N3O3S2. The van der Waals surface area contributed by atoms with Crippen molar-refractivity contribution in [3.8, 4) is 5.19 Å².